The molecule has 0 bridgehead atoms. The highest BCUT2D eigenvalue weighted by Crippen LogP contribution is 2.09. The summed E-state index contributed by atoms with van der Waals surface area (Å²) in [5.41, 5.74) is 0. The van der Waals surface area contributed by atoms with Crippen LogP contribution in [0.25, 0.3) is 0 Å². The molecule has 0 aliphatic rings. The lowest BCUT2D eigenvalue weighted by atomic mass is 10.0. The highest BCUT2D eigenvalue weighted by atomic mass is 127. The topological polar surface area (TPSA) is 79.8 Å². The van der Waals surface area contributed by atoms with Crippen molar-refractivity contribution in [2.24, 2.45) is 10.9 Å². The molecule has 0 aliphatic carbocycles. The average molecular weight is 463 g/mol. The Morgan fingerprint density at radius 2 is 1.83 bits per heavy atom. The molecule has 0 aromatic carbocycles. The van der Waals surface area contributed by atoms with Gasteiger partial charge in [0.1, 0.15) is 9.84 Å². The Morgan fingerprint density at radius 1 is 1.22 bits per heavy atom. The first-order valence-corrected chi connectivity index (χ1v) is 10.0. The number of rotatable bonds is 10. The Morgan fingerprint density at radius 3 is 2.26 bits per heavy atom. The van der Waals surface area contributed by atoms with E-state index in [-0.39, 0.29) is 41.9 Å². The van der Waals surface area contributed by atoms with Crippen molar-refractivity contribution < 1.29 is 13.2 Å². The SMILES string of the molecule is CCOC(CCNC(=NC)NC(C)CCS(C)(=O)=O)C(C)C.I. The van der Waals surface area contributed by atoms with Crippen LogP contribution in [0.4, 0.5) is 0 Å². The normalized spacial score (nSPS) is 15.0. The summed E-state index contributed by atoms with van der Waals surface area (Å²) in [6.07, 6.45) is 2.96. The Bertz CT molecular complexity index is 428. The quantitative estimate of drug-likeness (QED) is 0.295. The van der Waals surface area contributed by atoms with Gasteiger partial charge in [0.15, 0.2) is 5.96 Å². The van der Waals surface area contributed by atoms with Crippen molar-refractivity contribution in [3.8, 4) is 0 Å². The van der Waals surface area contributed by atoms with E-state index in [9.17, 15) is 8.42 Å². The summed E-state index contributed by atoms with van der Waals surface area (Å²) in [7, 11) is -1.21. The van der Waals surface area contributed by atoms with Crippen LogP contribution >= 0.6 is 24.0 Å². The summed E-state index contributed by atoms with van der Waals surface area (Å²) in [5.74, 6) is 1.35. The average Bonchev–Trinajstić information content (AvgIpc) is 2.42. The fourth-order valence-electron chi connectivity index (χ4n) is 2.05. The van der Waals surface area contributed by atoms with Crippen LogP contribution in [0.15, 0.2) is 4.99 Å². The monoisotopic (exact) mass is 463 g/mol. The zero-order chi connectivity index (χ0) is 17.2. The van der Waals surface area contributed by atoms with Gasteiger partial charge in [-0.15, -0.1) is 24.0 Å². The van der Waals surface area contributed by atoms with E-state index >= 15 is 0 Å². The minimum absolute atomic E-state index is 0. The van der Waals surface area contributed by atoms with E-state index in [4.69, 9.17) is 4.74 Å². The van der Waals surface area contributed by atoms with Gasteiger partial charge in [-0.1, -0.05) is 13.8 Å². The summed E-state index contributed by atoms with van der Waals surface area (Å²) in [5, 5.41) is 6.46. The number of nitrogens with zero attached hydrogens (tertiary/aromatic N) is 1. The Kier molecular flexibility index (Phi) is 14.5. The van der Waals surface area contributed by atoms with Crippen LogP contribution in [0.3, 0.4) is 0 Å². The Balaban J connectivity index is 0. The lowest BCUT2D eigenvalue weighted by Crippen LogP contribution is -2.43. The summed E-state index contributed by atoms with van der Waals surface area (Å²) < 4.78 is 28.1. The van der Waals surface area contributed by atoms with Gasteiger partial charge in [-0.3, -0.25) is 4.99 Å². The maximum atomic E-state index is 11.2. The molecule has 0 fully saturated rings. The van der Waals surface area contributed by atoms with Crippen LogP contribution in [0.1, 0.15) is 40.5 Å². The molecule has 8 heteroatoms. The third-order valence-electron chi connectivity index (χ3n) is 3.37. The van der Waals surface area contributed by atoms with Gasteiger partial charge in [0.2, 0.25) is 0 Å². The summed E-state index contributed by atoms with van der Waals surface area (Å²) >= 11 is 0. The second kappa shape index (κ2) is 13.2. The minimum atomic E-state index is -2.92. The van der Waals surface area contributed by atoms with Crippen LogP contribution in [-0.4, -0.2) is 58.7 Å². The number of ether oxygens (including phenoxy) is 1. The fraction of sp³-hybridized carbons (Fsp3) is 0.933. The van der Waals surface area contributed by atoms with E-state index < -0.39 is 9.84 Å². The maximum absolute atomic E-state index is 11.2. The molecular formula is C15H34IN3O3S. The number of sulfone groups is 1. The fourth-order valence-corrected chi connectivity index (χ4v) is 2.83. The number of aliphatic imine (C=N–C) groups is 1. The number of hydrogen-bond acceptors (Lipinski definition) is 4. The zero-order valence-corrected chi connectivity index (χ0v) is 18.4. The maximum Gasteiger partial charge on any atom is 0.191 e. The van der Waals surface area contributed by atoms with Crippen LogP contribution in [0.2, 0.25) is 0 Å². The van der Waals surface area contributed by atoms with E-state index in [0.29, 0.717) is 18.3 Å². The van der Waals surface area contributed by atoms with Gasteiger partial charge in [0.05, 0.1) is 11.9 Å². The highest BCUT2D eigenvalue weighted by molar-refractivity contribution is 14.0. The predicted octanol–water partition coefficient (Wildman–Crippen LogP) is 2.04. The summed E-state index contributed by atoms with van der Waals surface area (Å²) in [6, 6.07) is 0.0497. The molecule has 2 atom stereocenters. The van der Waals surface area contributed by atoms with E-state index in [0.717, 1.165) is 19.6 Å². The smallest absolute Gasteiger partial charge is 0.191 e. The van der Waals surface area contributed by atoms with E-state index in [2.05, 4.69) is 29.5 Å². The van der Waals surface area contributed by atoms with Gasteiger partial charge in [-0.25, -0.2) is 8.42 Å². The largest absolute Gasteiger partial charge is 0.378 e. The van der Waals surface area contributed by atoms with Crippen molar-refractivity contribution in [2.45, 2.75) is 52.7 Å². The molecule has 0 radical (unpaired) electrons. The van der Waals surface area contributed by atoms with Crippen LogP contribution in [-0.2, 0) is 14.6 Å². The molecule has 2 unspecified atom stereocenters. The third kappa shape index (κ3) is 14.0. The first-order chi connectivity index (χ1) is 10.2. The van der Waals surface area contributed by atoms with Crippen molar-refractivity contribution in [3.63, 3.8) is 0 Å². The van der Waals surface area contributed by atoms with Crippen LogP contribution in [0.5, 0.6) is 0 Å². The molecule has 0 spiro atoms. The molecule has 6 nitrogen and oxygen atoms in total. The van der Waals surface area contributed by atoms with E-state index in [1.165, 1.54) is 6.26 Å². The van der Waals surface area contributed by atoms with E-state index in [1.54, 1.807) is 7.05 Å². The molecular weight excluding hydrogens is 429 g/mol. The molecule has 2 N–H and O–H groups in total. The standard InChI is InChI=1S/C15H33N3O3S.HI/c1-7-21-14(12(2)3)8-10-17-15(16-5)18-13(4)9-11-22(6,19)20;/h12-14H,7-11H2,1-6H3,(H2,16,17,18);1H. The van der Waals surface area contributed by atoms with Crippen molar-refractivity contribution in [2.75, 3.05) is 32.2 Å². The Labute approximate surface area is 159 Å². The van der Waals surface area contributed by atoms with Crippen molar-refractivity contribution in [3.05, 3.63) is 0 Å². The first-order valence-electron chi connectivity index (χ1n) is 7.96. The molecule has 140 valence electrons. The third-order valence-corrected chi connectivity index (χ3v) is 4.35. The van der Waals surface area contributed by atoms with Gasteiger partial charge < -0.3 is 15.4 Å². The summed E-state index contributed by atoms with van der Waals surface area (Å²) in [4.78, 5) is 4.16. The number of nitrogens with one attached hydrogen (secondary N) is 2. The Hall–Kier alpha value is -0.0900. The summed E-state index contributed by atoms with van der Waals surface area (Å²) in [6.45, 7) is 9.75. The molecule has 0 aromatic rings. The van der Waals surface area contributed by atoms with Gasteiger partial charge in [0, 0.05) is 32.5 Å². The highest BCUT2D eigenvalue weighted by Gasteiger charge is 2.14. The van der Waals surface area contributed by atoms with E-state index in [1.807, 2.05) is 13.8 Å². The molecule has 0 heterocycles. The molecule has 0 saturated heterocycles. The van der Waals surface area contributed by atoms with Gasteiger partial charge >= 0.3 is 0 Å². The lowest BCUT2D eigenvalue weighted by Gasteiger charge is -2.22. The molecule has 0 aromatic heterocycles. The minimum Gasteiger partial charge on any atom is -0.378 e. The van der Waals surface area contributed by atoms with Crippen LogP contribution < -0.4 is 10.6 Å². The number of halogens is 1. The second-order valence-corrected chi connectivity index (χ2v) is 8.25. The number of guanidine groups is 1. The van der Waals surface area contributed by atoms with Crippen LogP contribution in [0, 0.1) is 5.92 Å². The number of hydrogen-bond donors (Lipinski definition) is 2. The first kappa shape index (κ1) is 25.2. The predicted molar refractivity (Wildman–Crippen MR) is 109 cm³/mol. The molecule has 0 rings (SSSR count). The van der Waals surface area contributed by atoms with Crippen molar-refractivity contribution in [1.29, 1.82) is 0 Å². The lowest BCUT2D eigenvalue weighted by molar-refractivity contribution is 0.0258. The molecule has 0 aliphatic heterocycles. The molecule has 0 amide bonds. The van der Waals surface area contributed by atoms with Gasteiger partial charge in [-0.2, -0.15) is 0 Å². The van der Waals surface area contributed by atoms with Crippen molar-refractivity contribution in [1.82, 2.24) is 10.6 Å². The zero-order valence-electron chi connectivity index (χ0n) is 15.3. The van der Waals surface area contributed by atoms with Crippen molar-refractivity contribution >= 4 is 39.8 Å². The second-order valence-electron chi connectivity index (χ2n) is 5.99. The molecule has 0 saturated carbocycles. The van der Waals surface area contributed by atoms with Gasteiger partial charge in [0.25, 0.3) is 0 Å². The molecule has 23 heavy (non-hydrogen) atoms. The van der Waals surface area contributed by atoms with Gasteiger partial charge in [-0.05, 0) is 32.6 Å².